The minimum Gasteiger partial charge on any atom is -0.497 e. The van der Waals surface area contributed by atoms with Crippen molar-refractivity contribution in [1.29, 1.82) is 0 Å². The van der Waals surface area contributed by atoms with Crippen molar-refractivity contribution in [3.05, 3.63) is 88.9 Å². The van der Waals surface area contributed by atoms with Gasteiger partial charge in [0.05, 0.1) is 28.3 Å². The van der Waals surface area contributed by atoms with Gasteiger partial charge in [-0.1, -0.05) is 47.6 Å². The number of methoxy groups -OCH3 is 1. The number of sulfonamides is 1. The number of fused-ring (bicyclic) bond motifs is 1. The van der Waals surface area contributed by atoms with E-state index in [9.17, 15) is 13.6 Å². The number of thiazole rings is 1. The third-order valence-corrected chi connectivity index (χ3v) is 7.71. The van der Waals surface area contributed by atoms with Crippen LogP contribution in [0.5, 0.6) is 5.75 Å². The molecule has 10 heteroatoms. The van der Waals surface area contributed by atoms with Crippen molar-refractivity contribution in [1.82, 2.24) is 9.71 Å². The molecule has 1 atom stereocenters. The number of ether oxygens (including phenoxy) is 1. The Morgan fingerprint density at radius 2 is 1.88 bits per heavy atom. The van der Waals surface area contributed by atoms with E-state index in [0.717, 1.165) is 10.2 Å². The Morgan fingerprint density at radius 1 is 1.15 bits per heavy atom. The zero-order chi connectivity index (χ0) is 23.4. The quantitative estimate of drug-likeness (QED) is 0.152. The summed E-state index contributed by atoms with van der Waals surface area (Å²) in [6.45, 7) is 0. The summed E-state index contributed by atoms with van der Waals surface area (Å²) in [5, 5.41) is 12.9. The second kappa shape index (κ2) is 9.57. The van der Waals surface area contributed by atoms with Crippen LogP contribution in [0, 0.1) is 0 Å². The molecule has 170 valence electrons. The van der Waals surface area contributed by atoms with Gasteiger partial charge >= 0.3 is 0 Å². The topological polar surface area (TPSA) is 127 Å². The van der Waals surface area contributed by atoms with E-state index in [0.29, 0.717) is 21.9 Å². The summed E-state index contributed by atoms with van der Waals surface area (Å²) in [5.74, 6) is 0.640. The van der Waals surface area contributed by atoms with E-state index < -0.39 is 16.1 Å². The lowest BCUT2D eigenvalue weighted by Gasteiger charge is -2.18. The molecule has 0 aliphatic heterocycles. The van der Waals surface area contributed by atoms with Crippen molar-refractivity contribution in [3.8, 4) is 5.75 Å². The van der Waals surface area contributed by atoms with Gasteiger partial charge in [0.15, 0.2) is 5.84 Å². The van der Waals surface area contributed by atoms with Crippen molar-refractivity contribution in [2.45, 2.75) is 17.4 Å². The number of rotatable bonds is 8. The van der Waals surface area contributed by atoms with Gasteiger partial charge in [-0.25, -0.2) is 18.1 Å². The third kappa shape index (κ3) is 4.98. The van der Waals surface area contributed by atoms with Crippen LogP contribution in [0.1, 0.15) is 22.2 Å². The van der Waals surface area contributed by atoms with E-state index in [-0.39, 0.29) is 17.2 Å². The van der Waals surface area contributed by atoms with E-state index in [4.69, 9.17) is 10.5 Å². The van der Waals surface area contributed by atoms with Gasteiger partial charge in [-0.2, -0.15) is 0 Å². The summed E-state index contributed by atoms with van der Waals surface area (Å²) < 4.78 is 35.3. The van der Waals surface area contributed by atoms with Crippen LogP contribution >= 0.6 is 11.3 Å². The minimum absolute atomic E-state index is 0.0516. The number of nitrogens with zero attached hydrogens (tertiary/aromatic N) is 2. The highest BCUT2D eigenvalue weighted by Crippen LogP contribution is 2.32. The van der Waals surface area contributed by atoms with Gasteiger partial charge in [0.25, 0.3) is 0 Å². The molecule has 4 rings (SSSR count). The van der Waals surface area contributed by atoms with Crippen molar-refractivity contribution in [3.63, 3.8) is 0 Å². The number of amidine groups is 1. The Balaban J connectivity index is 1.78. The van der Waals surface area contributed by atoms with Crippen LogP contribution in [0.15, 0.2) is 82.8 Å². The van der Waals surface area contributed by atoms with Gasteiger partial charge in [0.1, 0.15) is 10.8 Å². The number of nitrogens with one attached hydrogen (secondary N) is 1. The number of hydrogen-bond donors (Lipinski definition) is 3. The van der Waals surface area contributed by atoms with E-state index in [1.807, 2.05) is 30.3 Å². The zero-order valence-electron chi connectivity index (χ0n) is 17.7. The maximum absolute atomic E-state index is 13.2. The van der Waals surface area contributed by atoms with E-state index in [2.05, 4.69) is 14.9 Å². The number of nitrogens with two attached hydrogens (primary N) is 1. The first-order chi connectivity index (χ1) is 15.9. The molecule has 33 heavy (non-hydrogen) atoms. The van der Waals surface area contributed by atoms with Gasteiger partial charge in [-0.15, -0.1) is 11.3 Å². The van der Waals surface area contributed by atoms with Crippen molar-refractivity contribution >= 4 is 37.4 Å². The Bertz CT molecular complexity index is 1400. The molecule has 4 N–H and O–H groups in total. The summed E-state index contributed by atoms with van der Waals surface area (Å²) in [7, 11) is -2.25. The van der Waals surface area contributed by atoms with Crippen molar-refractivity contribution in [2.24, 2.45) is 10.9 Å². The summed E-state index contributed by atoms with van der Waals surface area (Å²) in [6.07, 6.45) is 0.245. The zero-order valence-corrected chi connectivity index (χ0v) is 19.3. The molecular weight excluding hydrogens is 460 g/mol. The molecule has 0 aliphatic rings. The Labute approximate surface area is 195 Å². The minimum atomic E-state index is -3.84. The highest BCUT2D eigenvalue weighted by Gasteiger charge is 2.26. The fraction of sp³-hybridized carbons (Fsp3) is 0.130. The second-order valence-electron chi connectivity index (χ2n) is 7.22. The maximum Gasteiger partial charge on any atom is 0.241 e. The smallest absolute Gasteiger partial charge is 0.241 e. The average Bonchev–Trinajstić information content (AvgIpc) is 3.27. The molecule has 0 radical (unpaired) electrons. The molecular formula is C23H22N4O4S2. The van der Waals surface area contributed by atoms with Gasteiger partial charge in [-0.05, 0) is 42.3 Å². The molecule has 0 unspecified atom stereocenters. The van der Waals surface area contributed by atoms with Crippen LogP contribution in [-0.4, -0.2) is 31.6 Å². The third-order valence-electron chi connectivity index (χ3n) is 5.09. The molecule has 1 heterocycles. The monoisotopic (exact) mass is 482 g/mol. The SMILES string of the molecule is COc1ccc2nc([C@H](Cc3ccccc3C(N)=NO)NS(=O)(=O)c3ccccc3)sc2c1. The van der Waals surface area contributed by atoms with Crippen LogP contribution in [0.25, 0.3) is 10.2 Å². The lowest BCUT2D eigenvalue weighted by atomic mass is 10.00. The fourth-order valence-corrected chi connectivity index (χ4v) is 5.80. The second-order valence-corrected chi connectivity index (χ2v) is 10.00. The molecule has 8 nitrogen and oxygen atoms in total. The summed E-state index contributed by atoms with van der Waals surface area (Å²) in [5.41, 5.74) is 7.83. The predicted octanol–water partition coefficient (Wildman–Crippen LogP) is 3.66. The Hall–Kier alpha value is -3.47. The van der Waals surface area contributed by atoms with E-state index in [1.54, 1.807) is 37.4 Å². The molecule has 0 saturated carbocycles. The van der Waals surface area contributed by atoms with Gasteiger partial charge in [0.2, 0.25) is 10.0 Å². The summed E-state index contributed by atoms with van der Waals surface area (Å²) in [4.78, 5) is 4.84. The molecule has 4 aromatic rings. The van der Waals surface area contributed by atoms with Gasteiger partial charge < -0.3 is 15.7 Å². The first kappa shape index (κ1) is 22.7. The highest BCUT2D eigenvalue weighted by atomic mass is 32.2. The molecule has 0 amide bonds. The van der Waals surface area contributed by atoms with E-state index in [1.165, 1.54) is 23.5 Å². The maximum atomic E-state index is 13.2. The van der Waals surface area contributed by atoms with Crippen LogP contribution in [0.4, 0.5) is 0 Å². The molecule has 0 saturated heterocycles. The lowest BCUT2D eigenvalue weighted by Crippen LogP contribution is -2.30. The normalized spacial score (nSPS) is 13.2. The molecule has 3 aromatic carbocycles. The number of benzene rings is 3. The summed E-state index contributed by atoms with van der Waals surface area (Å²) in [6, 6.07) is 20.1. The average molecular weight is 483 g/mol. The van der Waals surface area contributed by atoms with Crippen molar-refractivity contribution in [2.75, 3.05) is 7.11 Å². The number of aromatic nitrogens is 1. The highest BCUT2D eigenvalue weighted by molar-refractivity contribution is 7.89. The molecule has 1 aromatic heterocycles. The number of oxime groups is 1. The van der Waals surface area contributed by atoms with Crippen LogP contribution < -0.4 is 15.2 Å². The fourth-order valence-electron chi connectivity index (χ4n) is 3.46. The van der Waals surface area contributed by atoms with Crippen LogP contribution in [-0.2, 0) is 16.4 Å². The predicted molar refractivity (Wildman–Crippen MR) is 128 cm³/mol. The van der Waals surface area contributed by atoms with E-state index >= 15 is 0 Å². The Kier molecular flexibility index (Phi) is 6.59. The summed E-state index contributed by atoms with van der Waals surface area (Å²) >= 11 is 1.38. The standard InChI is InChI=1S/C23H22N4O4S2/c1-31-16-11-12-19-21(14-16)32-23(25-19)20(27-33(29,30)17-8-3-2-4-9-17)13-15-7-5-6-10-18(15)22(24)26-28/h2-12,14,20,27-28H,13H2,1H3,(H2,24,26)/t20-/m0/s1. The molecule has 0 fully saturated rings. The lowest BCUT2D eigenvalue weighted by molar-refractivity contribution is 0.318. The first-order valence-electron chi connectivity index (χ1n) is 9.99. The molecule has 0 bridgehead atoms. The molecule has 0 aliphatic carbocycles. The van der Waals surface area contributed by atoms with Crippen LogP contribution in [0.3, 0.4) is 0 Å². The molecule has 0 spiro atoms. The number of hydrogen-bond acceptors (Lipinski definition) is 7. The van der Waals surface area contributed by atoms with Crippen LogP contribution in [0.2, 0.25) is 0 Å². The largest absolute Gasteiger partial charge is 0.497 e. The van der Waals surface area contributed by atoms with Gasteiger partial charge in [0, 0.05) is 5.56 Å². The van der Waals surface area contributed by atoms with Gasteiger partial charge in [-0.3, -0.25) is 0 Å². The first-order valence-corrected chi connectivity index (χ1v) is 12.3. The Morgan fingerprint density at radius 3 is 2.61 bits per heavy atom. The van der Waals surface area contributed by atoms with Crippen molar-refractivity contribution < 1.29 is 18.4 Å².